The predicted molar refractivity (Wildman–Crippen MR) is 85.4 cm³/mol. The first-order chi connectivity index (χ1) is 11.7. The molecule has 1 saturated heterocycles. The lowest BCUT2D eigenvalue weighted by molar-refractivity contribution is -0.0109. The van der Waals surface area contributed by atoms with Crippen LogP contribution in [0.4, 0.5) is 0 Å². The number of carbonyl (C=O) groups is 1. The van der Waals surface area contributed by atoms with Crippen LogP contribution in [0.15, 0.2) is 40.8 Å². The second-order valence-electron chi connectivity index (χ2n) is 5.64. The van der Waals surface area contributed by atoms with Crippen molar-refractivity contribution in [3.05, 3.63) is 53.9 Å². The number of para-hydroxylation sites is 1. The van der Waals surface area contributed by atoms with E-state index in [9.17, 15) is 4.79 Å². The molecule has 1 fully saturated rings. The van der Waals surface area contributed by atoms with Gasteiger partial charge in [0.25, 0.3) is 5.91 Å². The number of pyridine rings is 1. The average Bonchev–Trinajstić information content (AvgIpc) is 3.07. The number of ether oxygens (including phenoxy) is 1. The normalized spacial score (nSPS) is 18.0. The Morgan fingerprint density at radius 3 is 2.92 bits per heavy atom. The third kappa shape index (κ3) is 2.63. The molecule has 0 saturated carbocycles. The first-order valence-electron chi connectivity index (χ1n) is 7.77. The lowest BCUT2D eigenvalue weighted by Gasteiger charge is -2.33. The summed E-state index contributed by atoms with van der Waals surface area (Å²) < 4.78 is 11.0. The minimum Gasteiger partial charge on any atom is -0.423 e. The Morgan fingerprint density at radius 2 is 2.08 bits per heavy atom. The van der Waals surface area contributed by atoms with Crippen molar-refractivity contribution in [2.45, 2.75) is 13.0 Å². The molecule has 0 unspecified atom stereocenters. The fourth-order valence-electron chi connectivity index (χ4n) is 2.83. The van der Waals surface area contributed by atoms with E-state index in [0.717, 1.165) is 10.9 Å². The Bertz CT molecular complexity index is 892. The second kappa shape index (κ2) is 6.01. The van der Waals surface area contributed by atoms with Crippen molar-refractivity contribution in [1.82, 2.24) is 20.1 Å². The zero-order valence-corrected chi connectivity index (χ0v) is 13.2. The molecule has 1 aliphatic heterocycles. The molecule has 1 atom stereocenters. The van der Waals surface area contributed by atoms with Crippen LogP contribution in [0.25, 0.3) is 10.9 Å². The van der Waals surface area contributed by atoms with E-state index < -0.39 is 0 Å². The largest absolute Gasteiger partial charge is 0.423 e. The minimum atomic E-state index is -0.388. The molecule has 7 heteroatoms. The van der Waals surface area contributed by atoms with Gasteiger partial charge in [0, 0.05) is 18.9 Å². The summed E-state index contributed by atoms with van der Waals surface area (Å²) in [6.45, 7) is 2.99. The molecule has 2 aromatic heterocycles. The quantitative estimate of drug-likeness (QED) is 0.718. The van der Waals surface area contributed by atoms with E-state index in [1.165, 1.54) is 0 Å². The molecular formula is C17H16N4O3. The molecule has 0 spiro atoms. The van der Waals surface area contributed by atoms with Crippen molar-refractivity contribution >= 4 is 16.8 Å². The van der Waals surface area contributed by atoms with Gasteiger partial charge in [-0.1, -0.05) is 24.3 Å². The third-order valence-electron chi connectivity index (χ3n) is 4.03. The number of aryl methyl sites for hydroxylation is 1. The van der Waals surface area contributed by atoms with Gasteiger partial charge in [0.15, 0.2) is 0 Å². The average molecular weight is 324 g/mol. The number of benzene rings is 1. The third-order valence-corrected chi connectivity index (χ3v) is 4.03. The number of carbonyl (C=O) groups excluding carboxylic acids is 1. The van der Waals surface area contributed by atoms with Crippen molar-refractivity contribution in [2.24, 2.45) is 0 Å². The molecule has 1 aromatic carbocycles. The Hall–Kier alpha value is -2.80. The zero-order valence-electron chi connectivity index (χ0n) is 13.2. The number of hydrogen-bond acceptors (Lipinski definition) is 6. The molecule has 3 heterocycles. The molecule has 122 valence electrons. The van der Waals surface area contributed by atoms with Crippen molar-refractivity contribution in [2.75, 3.05) is 19.8 Å². The highest BCUT2D eigenvalue weighted by Gasteiger charge is 2.33. The van der Waals surface area contributed by atoms with E-state index in [-0.39, 0.29) is 11.9 Å². The van der Waals surface area contributed by atoms with Crippen molar-refractivity contribution in [3.8, 4) is 0 Å². The maximum atomic E-state index is 13.0. The van der Waals surface area contributed by atoms with Gasteiger partial charge in [0.05, 0.1) is 18.7 Å². The Morgan fingerprint density at radius 1 is 1.21 bits per heavy atom. The van der Waals surface area contributed by atoms with Crippen LogP contribution in [0.1, 0.15) is 28.3 Å². The van der Waals surface area contributed by atoms with Gasteiger partial charge in [-0.25, -0.2) is 4.98 Å². The van der Waals surface area contributed by atoms with Gasteiger partial charge in [-0.3, -0.25) is 4.79 Å². The molecule has 4 rings (SSSR count). The second-order valence-corrected chi connectivity index (χ2v) is 5.64. The fourth-order valence-corrected chi connectivity index (χ4v) is 2.83. The van der Waals surface area contributed by atoms with Crippen LogP contribution in [-0.2, 0) is 4.74 Å². The number of rotatable bonds is 2. The van der Waals surface area contributed by atoms with Crippen molar-refractivity contribution < 1.29 is 13.9 Å². The summed E-state index contributed by atoms with van der Waals surface area (Å²) in [7, 11) is 0. The van der Waals surface area contributed by atoms with Gasteiger partial charge in [-0.05, 0) is 12.1 Å². The van der Waals surface area contributed by atoms with Crippen LogP contribution < -0.4 is 0 Å². The number of fused-ring (bicyclic) bond motifs is 1. The summed E-state index contributed by atoms with van der Waals surface area (Å²) >= 11 is 0. The first kappa shape index (κ1) is 14.8. The molecule has 24 heavy (non-hydrogen) atoms. The number of morpholine rings is 1. The summed E-state index contributed by atoms with van der Waals surface area (Å²) in [6, 6.07) is 11.0. The molecule has 3 aromatic rings. The number of aromatic nitrogens is 3. The predicted octanol–water partition coefficient (Wildman–Crippen LogP) is 2.14. The molecule has 0 radical (unpaired) electrons. The standard InChI is InChI=1S/C17H16N4O3/c1-11-19-20-16(24-11)15-10-23-9-8-21(15)17(22)14-7-6-12-4-2-3-5-13(12)18-14/h2-7,15H,8-10H2,1H3/t15-/m0/s1. The van der Waals surface area contributed by atoms with Crippen LogP contribution in [0.3, 0.4) is 0 Å². The van der Waals surface area contributed by atoms with E-state index in [0.29, 0.717) is 37.2 Å². The summed E-state index contributed by atoms with van der Waals surface area (Å²) in [5.74, 6) is 0.693. The maximum Gasteiger partial charge on any atom is 0.273 e. The van der Waals surface area contributed by atoms with Crippen LogP contribution >= 0.6 is 0 Å². The van der Waals surface area contributed by atoms with E-state index in [1.54, 1.807) is 17.9 Å². The monoisotopic (exact) mass is 324 g/mol. The fraction of sp³-hybridized carbons (Fsp3) is 0.294. The highest BCUT2D eigenvalue weighted by Crippen LogP contribution is 2.25. The zero-order chi connectivity index (χ0) is 16.5. The summed E-state index contributed by atoms with van der Waals surface area (Å²) in [5, 5.41) is 8.88. The lowest BCUT2D eigenvalue weighted by atomic mass is 10.1. The molecule has 1 amide bonds. The van der Waals surface area contributed by atoms with Crippen LogP contribution in [-0.4, -0.2) is 45.7 Å². The summed E-state index contributed by atoms with van der Waals surface area (Å²) in [6.07, 6.45) is 0. The van der Waals surface area contributed by atoms with Gasteiger partial charge in [0.2, 0.25) is 11.8 Å². The van der Waals surface area contributed by atoms with E-state index >= 15 is 0 Å². The van der Waals surface area contributed by atoms with Gasteiger partial charge in [-0.2, -0.15) is 0 Å². The van der Waals surface area contributed by atoms with Crippen molar-refractivity contribution in [1.29, 1.82) is 0 Å². The molecular weight excluding hydrogens is 308 g/mol. The lowest BCUT2D eigenvalue weighted by Crippen LogP contribution is -2.43. The molecule has 7 nitrogen and oxygen atoms in total. The topological polar surface area (TPSA) is 81.4 Å². The maximum absolute atomic E-state index is 13.0. The van der Waals surface area contributed by atoms with Crippen molar-refractivity contribution in [3.63, 3.8) is 0 Å². The summed E-state index contributed by atoms with van der Waals surface area (Å²) in [4.78, 5) is 19.1. The Balaban J connectivity index is 1.67. The van der Waals surface area contributed by atoms with E-state index in [2.05, 4.69) is 15.2 Å². The van der Waals surface area contributed by atoms with Crippen LogP contribution in [0.2, 0.25) is 0 Å². The molecule has 0 N–H and O–H groups in total. The molecule has 0 aliphatic carbocycles. The first-order valence-corrected chi connectivity index (χ1v) is 7.77. The Kier molecular flexibility index (Phi) is 3.70. The summed E-state index contributed by atoms with van der Waals surface area (Å²) in [5.41, 5.74) is 1.19. The van der Waals surface area contributed by atoms with E-state index in [1.807, 2.05) is 30.3 Å². The Labute approximate surface area is 138 Å². The minimum absolute atomic E-state index is 0.162. The van der Waals surface area contributed by atoms with E-state index in [4.69, 9.17) is 9.15 Å². The SMILES string of the molecule is Cc1nnc([C@@H]2COCCN2C(=O)c2ccc3ccccc3n2)o1. The highest BCUT2D eigenvalue weighted by atomic mass is 16.5. The van der Waals surface area contributed by atoms with Gasteiger partial charge < -0.3 is 14.1 Å². The number of amides is 1. The van der Waals surface area contributed by atoms with Crippen LogP contribution in [0.5, 0.6) is 0 Å². The molecule has 0 bridgehead atoms. The van der Waals surface area contributed by atoms with Gasteiger partial charge >= 0.3 is 0 Å². The van der Waals surface area contributed by atoms with Crippen LogP contribution in [0, 0.1) is 6.92 Å². The van der Waals surface area contributed by atoms with Gasteiger partial charge in [-0.15, -0.1) is 10.2 Å². The highest BCUT2D eigenvalue weighted by molar-refractivity contribution is 5.95. The molecule has 1 aliphatic rings. The number of hydrogen-bond donors (Lipinski definition) is 0. The number of nitrogens with zero attached hydrogens (tertiary/aromatic N) is 4. The smallest absolute Gasteiger partial charge is 0.273 e. The van der Waals surface area contributed by atoms with Gasteiger partial charge in [0.1, 0.15) is 11.7 Å².